The average molecular weight is 1010 g/mol. The number of benzene rings is 3. The molecule has 6 heterocycles. The van der Waals surface area contributed by atoms with Gasteiger partial charge < -0.3 is 35.1 Å². The Bertz CT molecular complexity index is 3030. The number of amides is 4. The molecule has 3 aliphatic heterocycles. The van der Waals surface area contributed by atoms with Gasteiger partial charge in [-0.25, -0.2) is 18.6 Å². The number of urea groups is 1. The van der Waals surface area contributed by atoms with Crippen LogP contribution in [0.5, 0.6) is 5.75 Å². The number of ether oxygens (including phenoxy) is 1. The summed E-state index contributed by atoms with van der Waals surface area (Å²) in [5, 5.41) is 17.7. The van der Waals surface area contributed by atoms with Crippen molar-refractivity contribution in [1.82, 2.24) is 34.9 Å². The number of piperazine rings is 1. The molecule has 0 spiro atoms. The third-order valence-corrected chi connectivity index (χ3v) is 14.7. The molecule has 18 nitrogen and oxygen atoms in total. The number of aryl methyl sites for hydroxylation is 1. The molecular weight excluding hydrogens is 963 g/mol. The van der Waals surface area contributed by atoms with Gasteiger partial charge in [0.2, 0.25) is 17.8 Å². The Labute approximate surface area is 399 Å². The van der Waals surface area contributed by atoms with E-state index in [0.29, 0.717) is 90.7 Å². The largest absolute Gasteiger partial charge is 0.494 e. The standard InChI is InChI=1S/C46H51BrF2N13O5P/c1-26(63)52-35-20-36(54-45-51-24-31(47)43(56-45)53-34-7-6-33-29(18-28(48)23-50-33)42(34)68(4,5)66)40(67-3)22-39(35)60-11-8-27(9-12-60)25-59-14-16-61(17-15-59)38-21-37-30(19-32(38)49)44(57-58(37)2)62-13-10-41(64)55-46(62)65/h6-7,18-24,27H,8-17,25H2,1-5H3,(H,52,63)(H,55,64,65)(H2,51,53,54,56). The Hall–Kier alpha value is -6.44. The number of hydrogen-bond acceptors (Lipinski definition) is 14. The van der Waals surface area contributed by atoms with Gasteiger partial charge in [0.15, 0.2) is 5.82 Å². The van der Waals surface area contributed by atoms with E-state index >= 15 is 4.39 Å². The van der Waals surface area contributed by atoms with Crippen LogP contribution in [0, 0.1) is 17.6 Å². The first-order valence-corrected chi connectivity index (χ1v) is 25.6. The lowest BCUT2D eigenvalue weighted by Gasteiger charge is -2.40. The minimum absolute atomic E-state index is 0.147. The third kappa shape index (κ3) is 9.64. The van der Waals surface area contributed by atoms with Crippen LogP contribution >= 0.6 is 23.1 Å². The first-order chi connectivity index (χ1) is 32.5. The highest BCUT2D eigenvalue weighted by molar-refractivity contribution is 9.10. The van der Waals surface area contributed by atoms with Crippen LogP contribution in [0.3, 0.4) is 0 Å². The minimum Gasteiger partial charge on any atom is -0.494 e. The topological polar surface area (TPSA) is 195 Å². The second-order valence-corrected chi connectivity index (χ2v) is 21.7. The van der Waals surface area contributed by atoms with Gasteiger partial charge in [-0.05, 0) is 84.4 Å². The highest BCUT2D eigenvalue weighted by atomic mass is 79.9. The Morgan fingerprint density at radius 2 is 1.65 bits per heavy atom. The van der Waals surface area contributed by atoms with Crippen molar-refractivity contribution in [2.24, 2.45) is 13.0 Å². The lowest BCUT2D eigenvalue weighted by Crippen LogP contribution is -2.49. The van der Waals surface area contributed by atoms with Crippen LogP contribution in [0.15, 0.2) is 59.3 Å². The molecule has 3 fully saturated rings. The Morgan fingerprint density at radius 1 is 0.897 bits per heavy atom. The maximum Gasteiger partial charge on any atom is 0.329 e. The van der Waals surface area contributed by atoms with Gasteiger partial charge in [-0.3, -0.25) is 34.4 Å². The van der Waals surface area contributed by atoms with Crippen LogP contribution in [0.4, 0.5) is 59.6 Å². The van der Waals surface area contributed by atoms with E-state index in [1.807, 2.05) is 6.07 Å². The number of pyridine rings is 1. The van der Waals surface area contributed by atoms with Crippen LogP contribution in [-0.4, -0.2) is 120 Å². The molecule has 0 atom stereocenters. The Balaban J connectivity index is 0.849. The molecule has 22 heteroatoms. The monoisotopic (exact) mass is 1010 g/mol. The van der Waals surface area contributed by atoms with Gasteiger partial charge in [0.25, 0.3) is 0 Å². The second kappa shape index (κ2) is 18.9. The number of rotatable bonds is 12. The van der Waals surface area contributed by atoms with Crippen LogP contribution < -0.4 is 46.0 Å². The number of nitrogens with zero attached hydrogens (tertiary/aromatic N) is 9. The van der Waals surface area contributed by atoms with E-state index in [0.717, 1.165) is 57.4 Å². The number of imide groups is 1. The molecule has 0 saturated carbocycles. The molecule has 0 bridgehead atoms. The van der Waals surface area contributed by atoms with Gasteiger partial charge >= 0.3 is 6.03 Å². The van der Waals surface area contributed by atoms with E-state index in [9.17, 15) is 23.3 Å². The number of piperidine rings is 1. The van der Waals surface area contributed by atoms with Gasteiger partial charge in [0, 0.05) is 101 Å². The Morgan fingerprint density at radius 3 is 2.35 bits per heavy atom. The molecule has 3 aromatic carbocycles. The van der Waals surface area contributed by atoms with Gasteiger partial charge in [0.05, 0.1) is 57.2 Å². The number of nitrogens with one attached hydrogen (secondary N) is 4. The fraction of sp³-hybridized carbons (Fsp3) is 0.370. The quantitative estimate of drug-likeness (QED) is 0.0904. The van der Waals surface area contributed by atoms with E-state index in [1.54, 1.807) is 62.6 Å². The van der Waals surface area contributed by atoms with Crippen molar-refractivity contribution in [2.75, 3.05) is 103 Å². The predicted molar refractivity (Wildman–Crippen MR) is 264 cm³/mol. The van der Waals surface area contributed by atoms with Crippen molar-refractivity contribution >= 4 is 114 Å². The van der Waals surface area contributed by atoms with Crippen LogP contribution in [0.1, 0.15) is 26.2 Å². The van der Waals surface area contributed by atoms with E-state index in [1.165, 1.54) is 24.0 Å². The van der Waals surface area contributed by atoms with E-state index in [4.69, 9.17) is 9.72 Å². The third-order valence-electron chi connectivity index (χ3n) is 12.6. The van der Waals surface area contributed by atoms with Gasteiger partial charge in [-0.15, -0.1) is 0 Å². The minimum atomic E-state index is -2.95. The molecule has 4 amide bonds. The second-order valence-electron chi connectivity index (χ2n) is 17.7. The summed E-state index contributed by atoms with van der Waals surface area (Å²) in [5.41, 5.74) is 4.11. The number of fused-ring (bicyclic) bond motifs is 2. The average Bonchev–Trinajstić information content (AvgIpc) is 3.60. The lowest BCUT2D eigenvalue weighted by molar-refractivity contribution is -0.120. The summed E-state index contributed by atoms with van der Waals surface area (Å²) in [6.45, 7) is 10.2. The van der Waals surface area contributed by atoms with E-state index in [2.05, 4.69) is 67.0 Å². The number of anilines is 8. The molecule has 68 heavy (non-hydrogen) atoms. The van der Waals surface area contributed by atoms with E-state index < -0.39 is 19.0 Å². The van der Waals surface area contributed by atoms with Crippen LogP contribution in [0.25, 0.3) is 21.8 Å². The van der Waals surface area contributed by atoms with Crippen molar-refractivity contribution < 1.29 is 32.5 Å². The summed E-state index contributed by atoms with van der Waals surface area (Å²) >= 11 is 3.53. The van der Waals surface area contributed by atoms with Crippen molar-refractivity contribution in [1.29, 1.82) is 0 Å². The predicted octanol–water partition coefficient (Wildman–Crippen LogP) is 7.14. The number of aromatic nitrogens is 5. The number of halogens is 3. The van der Waals surface area contributed by atoms with Crippen molar-refractivity contribution in [3.8, 4) is 5.75 Å². The van der Waals surface area contributed by atoms with Crippen molar-refractivity contribution in [2.45, 2.75) is 26.2 Å². The van der Waals surface area contributed by atoms with Crippen LogP contribution in [-0.2, 0) is 21.2 Å². The fourth-order valence-corrected chi connectivity index (χ4v) is 11.1. The molecule has 6 aromatic rings. The molecule has 3 aromatic heterocycles. The SMILES string of the molecule is COc1cc(N2CCC(CN3CCN(c4cc5c(cc4F)c(N4CCC(=O)NC4=O)nn5C)CC3)CC2)c(NC(C)=O)cc1Nc1ncc(Br)c(Nc2ccc3ncc(F)cc3c2P(C)(C)=O)n1. The summed E-state index contributed by atoms with van der Waals surface area (Å²) in [4.78, 5) is 58.3. The fourth-order valence-electron chi connectivity index (χ4n) is 9.34. The summed E-state index contributed by atoms with van der Waals surface area (Å²) in [6, 6.07) is 11.2. The summed E-state index contributed by atoms with van der Waals surface area (Å²) < 4.78 is 51.8. The molecular formula is C46H51BrF2N13O5P. The maximum absolute atomic E-state index is 15.8. The zero-order chi connectivity index (χ0) is 48.0. The van der Waals surface area contributed by atoms with Gasteiger partial charge in [0.1, 0.15) is 30.3 Å². The summed E-state index contributed by atoms with van der Waals surface area (Å²) in [7, 11) is 0.379. The maximum atomic E-state index is 15.8. The molecule has 9 rings (SSSR count). The number of hydrogen-bond donors (Lipinski definition) is 4. The van der Waals surface area contributed by atoms with Crippen molar-refractivity contribution in [3.63, 3.8) is 0 Å². The number of carbonyl (C=O) groups excluding carboxylic acids is 3. The van der Waals surface area contributed by atoms with E-state index in [-0.39, 0.29) is 36.5 Å². The first kappa shape index (κ1) is 46.7. The summed E-state index contributed by atoms with van der Waals surface area (Å²) in [5.74, 6) is 0.341. The molecule has 0 aliphatic carbocycles. The number of methoxy groups -OCH3 is 1. The molecule has 0 unspecified atom stereocenters. The highest BCUT2D eigenvalue weighted by Gasteiger charge is 2.31. The number of carbonyl (C=O) groups is 3. The molecule has 356 valence electrons. The smallest absolute Gasteiger partial charge is 0.329 e. The molecule has 3 saturated heterocycles. The summed E-state index contributed by atoms with van der Waals surface area (Å²) in [6.07, 6.45) is 4.70. The van der Waals surface area contributed by atoms with Gasteiger partial charge in [-0.1, -0.05) is 0 Å². The van der Waals surface area contributed by atoms with Crippen LogP contribution in [0.2, 0.25) is 0 Å². The Kier molecular flexibility index (Phi) is 13.0. The zero-order valence-electron chi connectivity index (χ0n) is 38.2. The molecule has 3 aliphatic rings. The van der Waals surface area contributed by atoms with Crippen molar-refractivity contribution in [3.05, 3.63) is 71.0 Å². The lowest BCUT2D eigenvalue weighted by atomic mass is 9.95. The first-order valence-electron chi connectivity index (χ1n) is 22.2. The van der Waals surface area contributed by atoms with Gasteiger partial charge in [-0.2, -0.15) is 10.1 Å². The molecule has 4 N–H and O–H groups in total. The molecule has 0 radical (unpaired) electrons. The highest BCUT2D eigenvalue weighted by Crippen LogP contribution is 2.43. The normalized spacial score (nSPS) is 16.4. The zero-order valence-corrected chi connectivity index (χ0v) is 40.7.